The smallest absolute Gasteiger partial charge is 0.433 e. The van der Waals surface area contributed by atoms with Gasteiger partial charge in [0.25, 0.3) is 0 Å². The van der Waals surface area contributed by atoms with Crippen LogP contribution in [0.15, 0.2) is 54.6 Å². The molecule has 2 N–H and O–H groups in total. The number of ether oxygens (including phenoxy) is 1. The largest absolute Gasteiger partial charge is 0.497 e. The molecular weight excluding hydrogens is 529 g/mol. The highest BCUT2D eigenvalue weighted by molar-refractivity contribution is 7.82. The van der Waals surface area contributed by atoms with E-state index in [2.05, 4.69) is 15.6 Å². The van der Waals surface area contributed by atoms with Crippen LogP contribution in [0.25, 0.3) is 10.9 Å². The number of anilines is 2. The second-order valence-electron chi connectivity index (χ2n) is 10.1. The summed E-state index contributed by atoms with van der Waals surface area (Å²) in [6, 6.07) is 14.6. The first-order chi connectivity index (χ1) is 18.5. The zero-order valence-corrected chi connectivity index (χ0v) is 22.2. The fraction of sp³-hybridized carbons (Fsp3) is 0.393. The molecule has 206 valence electrons. The molecule has 0 radical (unpaired) electrons. The third-order valence-corrected chi connectivity index (χ3v) is 7.83. The number of thiol groups is 1. The standard InChI is InChI=1S/C28H29F3N4O3S/c1-38-20-8-4-7-19(13-20)35-16-17(12-25(35)36)26(37)32-18-6-5-11-27(39,15-18)34-23-14-24(28(29,30)31)33-22-10-3-2-9-21(22)23/h2-4,7-10,13-14,17-18,39H,5-6,11-12,15-16H2,1H3,(H,32,37)(H,33,34)/t17?,18-,27+/m1/s1. The van der Waals surface area contributed by atoms with Gasteiger partial charge in [0.1, 0.15) is 11.4 Å². The highest BCUT2D eigenvalue weighted by Crippen LogP contribution is 2.39. The number of alkyl halides is 3. The number of para-hydroxylation sites is 1. The normalized spacial score (nSPS) is 23.6. The quantitative estimate of drug-likeness (QED) is 0.278. The number of hydrogen-bond acceptors (Lipinski definition) is 6. The molecular formula is C28H29F3N4O3S. The first-order valence-electron chi connectivity index (χ1n) is 12.8. The van der Waals surface area contributed by atoms with Crippen LogP contribution in [0.1, 0.15) is 37.8 Å². The number of fused-ring (bicyclic) bond motifs is 1. The Labute approximate surface area is 229 Å². The maximum absolute atomic E-state index is 13.5. The summed E-state index contributed by atoms with van der Waals surface area (Å²) < 4.78 is 45.8. The topological polar surface area (TPSA) is 83.6 Å². The summed E-state index contributed by atoms with van der Waals surface area (Å²) in [6.45, 7) is 0.262. The second kappa shape index (κ2) is 10.6. The Morgan fingerprint density at radius 1 is 1.18 bits per heavy atom. The van der Waals surface area contributed by atoms with Gasteiger partial charge in [-0.05, 0) is 49.9 Å². The van der Waals surface area contributed by atoms with Gasteiger partial charge < -0.3 is 20.3 Å². The van der Waals surface area contributed by atoms with Crippen molar-refractivity contribution in [3.8, 4) is 5.75 Å². The number of benzene rings is 2. The summed E-state index contributed by atoms with van der Waals surface area (Å²) in [5, 5.41) is 6.86. The van der Waals surface area contributed by atoms with Crippen molar-refractivity contribution in [3.05, 3.63) is 60.3 Å². The Kier molecular flexibility index (Phi) is 7.37. The van der Waals surface area contributed by atoms with E-state index in [1.54, 1.807) is 60.5 Å². The average Bonchev–Trinajstić information content (AvgIpc) is 3.29. The molecule has 39 heavy (non-hydrogen) atoms. The van der Waals surface area contributed by atoms with Crippen LogP contribution in [0.5, 0.6) is 5.75 Å². The van der Waals surface area contributed by atoms with Crippen LogP contribution in [-0.4, -0.2) is 41.4 Å². The van der Waals surface area contributed by atoms with Crippen molar-refractivity contribution in [2.45, 2.75) is 49.2 Å². The molecule has 1 aliphatic heterocycles. The van der Waals surface area contributed by atoms with E-state index < -0.39 is 22.7 Å². The zero-order chi connectivity index (χ0) is 27.8. The summed E-state index contributed by atoms with van der Waals surface area (Å²) >= 11 is 4.84. The Balaban J connectivity index is 1.28. The Hall–Kier alpha value is -3.47. The van der Waals surface area contributed by atoms with Gasteiger partial charge in [-0.2, -0.15) is 25.8 Å². The number of carbonyl (C=O) groups excluding carboxylic acids is 2. The van der Waals surface area contributed by atoms with E-state index in [1.807, 2.05) is 0 Å². The Morgan fingerprint density at radius 2 is 1.97 bits per heavy atom. The molecule has 2 aromatic carbocycles. The lowest BCUT2D eigenvalue weighted by Gasteiger charge is -2.39. The van der Waals surface area contributed by atoms with Crippen LogP contribution >= 0.6 is 12.6 Å². The van der Waals surface area contributed by atoms with Crippen molar-refractivity contribution in [2.24, 2.45) is 5.92 Å². The summed E-state index contributed by atoms with van der Waals surface area (Å²) in [7, 11) is 1.55. The summed E-state index contributed by atoms with van der Waals surface area (Å²) in [5.74, 6) is -0.240. The molecule has 0 bridgehead atoms. The molecule has 3 aromatic rings. The van der Waals surface area contributed by atoms with Gasteiger partial charge in [0.15, 0.2) is 0 Å². The second-order valence-corrected chi connectivity index (χ2v) is 11.0. The van der Waals surface area contributed by atoms with E-state index in [4.69, 9.17) is 17.4 Å². The lowest BCUT2D eigenvalue weighted by molar-refractivity contribution is -0.141. The predicted octanol–water partition coefficient (Wildman–Crippen LogP) is 5.41. The van der Waals surface area contributed by atoms with Crippen LogP contribution < -0.4 is 20.3 Å². The van der Waals surface area contributed by atoms with Gasteiger partial charge in [-0.1, -0.05) is 24.3 Å². The van der Waals surface area contributed by atoms with Crippen LogP contribution in [0.4, 0.5) is 24.5 Å². The molecule has 1 saturated carbocycles. The third-order valence-electron chi connectivity index (χ3n) is 7.31. The van der Waals surface area contributed by atoms with Crippen molar-refractivity contribution in [2.75, 3.05) is 23.9 Å². The molecule has 11 heteroatoms. The molecule has 7 nitrogen and oxygen atoms in total. The monoisotopic (exact) mass is 558 g/mol. The number of aromatic nitrogens is 1. The molecule has 2 fully saturated rings. The maximum atomic E-state index is 13.5. The van der Waals surface area contributed by atoms with Crippen LogP contribution in [0.2, 0.25) is 0 Å². The highest BCUT2D eigenvalue weighted by Gasteiger charge is 2.39. The number of methoxy groups -OCH3 is 1. The number of halogens is 3. The minimum Gasteiger partial charge on any atom is -0.497 e. The number of rotatable bonds is 6. The number of nitrogens with one attached hydrogen (secondary N) is 2. The molecule has 1 unspecified atom stereocenters. The van der Waals surface area contributed by atoms with Crippen LogP contribution in [0, 0.1) is 5.92 Å². The predicted molar refractivity (Wildman–Crippen MR) is 146 cm³/mol. The van der Waals surface area contributed by atoms with E-state index in [0.29, 0.717) is 41.8 Å². The molecule has 0 spiro atoms. The Morgan fingerprint density at radius 3 is 2.74 bits per heavy atom. The fourth-order valence-electron chi connectivity index (χ4n) is 5.39. The summed E-state index contributed by atoms with van der Waals surface area (Å²) in [6.07, 6.45) is -2.06. The number of hydrogen-bond donors (Lipinski definition) is 3. The Bertz CT molecular complexity index is 1400. The van der Waals surface area contributed by atoms with Gasteiger partial charge in [-0.15, -0.1) is 0 Å². The van der Waals surface area contributed by atoms with E-state index in [1.165, 1.54) is 0 Å². The lowest BCUT2D eigenvalue weighted by atomic mass is 9.89. The number of pyridine rings is 1. The number of nitrogens with zero attached hydrogens (tertiary/aromatic N) is 2. The molecule has 3 atom stereocenters. The third kappa shape index (κ3) is 5.93. The van der Waals surface area contributed by atoms with Crippen molar-refractivity contribution < 1.29 is 27.5 Å². The highest BCUT2D eigenvalue weighted by atomic mass is 32.1. The molecule has 1 saturated heterocycles. The average molecular weight is 559 g/mol. The van der Waals surface area contributed by atoms with Crippen LogP contribution in [-0.2, 0) is 15.8 Å². The van der Waals surface area contributed by atoms with Crippen molar-refractivity contribution >= 4 is 46.7 Å². The minimum absolute atomic E-state index is 0.100. The summed E-state index contributed by atoms with van der Waals surface area (Å²) in [5.41, 5.74) is 0.227. The lowest BCUT2D eigenvalue weighted by Crippen LogP contribution is -2.48. The van der Waals surface area contributed by atoms with E-state index in [-0.39, 0.29) is 36.3 Å². The number of carbonyl (C=O) groups is 2. The molecule has 1 aromatic heterocycles. The SMILES string of the molecule is COc1cccc(N2CC(C(=O)N[C@@H]3CCC[C@@](S)(Nc4cc(C(F)(F)F)nc5ccccc45)C3)CC2=O)c1. The first-order valence-corrected chi connectivity index (χ1v) is 13.2. The van der Waals surface area contributed by atoms with Gasteiger partial charge in [-0.25, -0.2) is 4.98 Å². The number of amides is 2. The van der Waals surface area contributed by atoms with E-state index in [0.717, 1.165) is 12.5 Å². The molecule has 5 rings (SSSR count). The van der Waals surface area contributed by atoms with Gasteiger partial charge >= 0.3 is 6.18 Å². The van der Waals surface area contributed by atoms with Gasteiger partial charge in [-0.3, -0.25) is 9.59 Å². The minimum atomic E-state index is -4.59. The molecule has 2 amide bonds. The van der Waals surface area contributed by atoms with Gasteiger partial charge in [0.05, 0.1) is 23.4 Å². The van der Waals surface area contributed by atoms with Crippen molar-refractivity contribution in [3.63, 3.8) is 0 Å². The van der Waals surface area contributed by atoms with Crippen molar-refractivity contribution in [1.29, 1.82) is 0 Å². The molecule has 1 aliphatic carbocycles. The maximum Gasteiger partial charge on any atom is 0.433 e. The van der Waals surface area contributed by atoms with Gasteiger partial charge in [0, 0.05) is 41.8 Å². The molecule has 2 heterocycles. The van der Waals surface area contributed by atoms with E-state index in [9.17, 15) is 22.8 Å². The first kappa shape index (κ1) is 27.1. The zero-order valence-electron chi connectivity index (χ0n) is 21.3. The van der Waals surface area contributed by atoms with Gasteiger partial charge in [0.2, 0.25) is 11.8 Å². The fourth-order valence-corrected chi connectivity index (χ4v) is 5.89. The van der Waals surface area contributed by atoms with E-state index >= 15 is 0 Å². The van der Waals surface area contributed by atoms with Crippen molar-refractivity contribution in [1.82, 2.24) is 10.3 Å². The van der Waals surface area contributed by atoms with Crippen LogP contribution in [0.3, 0.4) is 0 Å². The molecule has 2 aliphatic rings. The summed E-state index contributed by atoms with van der Waals surface area (Å²) in [4.78, 5) is 30.4.